The van der Waals surface area contributed by atoms with E-state index in [9.17, 15) is 0 Å². The van der Waals surface area contributed by atoms with Crippen molar-refractivity contribution in [3.63, 3.8) is 0 Å². The van der Waals surface area contributed by atoms with Crippen LogP contribution in [0.5, 0.6) is 11.6 Å². The first-order chi connectivity index (χ1) is 8.60. The summed E-state index contributed by atoms with van der Waals surface area (Å²) in [6, 6.07) is 7.56. The number of rotatable bonds is 3. The topological polar surface area (TPSA) is 22.1 Å². The summed E-state index contributed by atoms with van der Waals surface area (Å²) in [7, 11) is 0. The van der Waals surface area contributed by atoms with E-state index >= 15 is 0 Å². The van der Waals surface area contributed by atoms with Gasteiger partial charge in [0.1, 0.15) is 5.75 Å². The highest BCUT2D eigenvalue weighted by atomic mass is 79.9. The third-order valence-electron chi connectivity index (χ3n) is 2.14. The average Bonchev–Trinajstić information content (AvgIpc) is 2.34. The van der Waals surface area contributed by atoms with Crippen molar-refractivity contribution in [3.8, 4) is 11.6 Å². The molecule has 0 spiro atoms. The monoisotopic (exact) mass is 453 g/mol. The van der Waals surface area contributed by atoms with Crippen LogP contribution in [0, 0.1) is 0 Å². The quantitative estimate of drug-likeness (QED) is 0.537. The zero-order chi connectivity index (χ0) is 13.1. The SMILES string of the molecule is ClCc1cc(Br)cnc1Oc1ccc(Br)cc1Br. The molecule has 0 aliphatic heterocycles. The lowest BCUT2D eigenvalue weighted by Gasteiger charge is -2.10. The summed E-state index contributed by atoms with van der Waals surface area (Å²) in [6.07, 6.45) is 1.68. The second kappa shape index (κ2) is 6.37. The van der Waals surface area contributed by atoms with Gasteiger partial charge >= 0.3 is 0 Å². The molecule has 0 atom stereocenters. The molecule has 1 heterocycles. The fraction of sp³-hybridized carbons (Fsp3) is 0.0833. The lowest BCUT2D eigenvalue weighted by molar-refractivity contribution is 0.455. The molecule has 0 amide bonds. The predicted molar refractivity (Wildman–Crippen MR) is 83.4 cm³/mol. The van der Waals surface area contributed by atoms with Crippen molar-refractivity contribution in [1.82, 2.24) is 4.98 Å². The summed E-state index contributed by atoms with van der Waals surface area (Å²) in [6.45, 7) is 0. The number of alkyl halides is 1. The molecule has 2 rings (SSSR count). The van der Waals surface area contributed by atoms with Gasteiger partial charge in [0.15, 0.2) is 0 Å². The van der Waals surface area contributed by atoms with Crippen molar-refractivity contribution in [2.45, 2.75) is 5.88 Å². The van der Waals surface area contributed by atoms with Crippen molar-refractivity contribution in [2.24, 2.45) is 0 Å². The zero-order valence-corrected chi connectivity index (χ0v) is 14.5. The largest absolute Gasteiger partial charge is 0.438 e. The van der Waals surface area contributed by atoms with Crippen LogP contribution in [0.25, 0.3) is 0 Å². The van der Waals surface area contributed by atoms with E-state index in [1.54, 1.807) is 6.20 Å². The fourth-order valence-electron chi connectivity index (χ4n) is 1.32. The van der Waals surface area contributed by atoms with Crippen LogP contribution in [0.2, 0.25) is 0 Å². The van der Waals surface area contributed by atoms with E-state index in [0.717, 1.165) is 19.0 Å². The molecule has 0 N–H and O–H groups in total. The fourth-order valence-corrected chi connectivity index (χ4v) is 3.02. The second-order valence-corrected chi connectivity index (χ2v) is 6.38. The van der Waals surface area contributed by atoms with Gasteiger partial charge in [-0.15, -0.1) is 11.6 Å². The summed E-state index contributed by atoms with van der Waals surface area (Å²) >= 11 is 16.1. The molecule has 1 aromatic heterocycles. The number of aromatic nitrogens is 1. The van der Waals surface area contributed by atoms with Gasteiger partial charge in [0.25, 0.3) is 0 Å². The third kappa shape index (κ3) is 3.47. The maximum atomic E-state index is 5.88. The summed E-state index contributed by atoms with van der Waals surface area (Å²) in [5.74, 6) is 1.55. The third-order valence-corrected chi connectivity index (χ3v) is 3.97. The summed E-state index contributed by atoms with van der Waals surface area (Å²) < 4.78 is 8.46. The maximum absolute atomic E-state index is 5.88. The van der Waals surface area contributed by atoms with E-state index in [0.29, 0.717) is 17.5 Å². The Morgan fingerprint density at radius 2 is 1.89 bits per heavy atom. The van der Waals surface area contributed by atoms with Gasteiger partial charge in [-0.1, -0.05) is 15.9 Å². The van der Waals surface area contributed by atoms with E-state index in [1.165, 1.54) is 0 Å². The normalized spacial score (nSPS) is 10.4. The van der Waals surface area contributed by atoms with Gasteiger partial charge in [-0.3, -0.25) is 0 Å². The van der Waals surface area contributed by atoms with Crippen molar-refractivity contribution >= 4 is 59.4 Å². The molecule has 0 fully saturated rings. The minimum absolute atomic E-state index is 0.343. The average molecular weight is 456 g/mol. The molecule has 2 aromatic rings. The Morgan fingerprint density at radius 3 is 2.56 bits per heavy atom. The Kier molecular flexibility index (Phi) is 5.06. The van der Waals surface area contributed by atoms with Gasteiger partial charge in [-0.05, 0) is 56.1 Å². The van der Waals surface area contributed by atoms with Crippen molar-refractivity contribution < 1.29 is 4.74 Å². The van der Waals surface area contributed by atoms with Crippen LogP contribution in [0.1, 0.15) is 5.56 Å². The van der Waals surface area contributed by atoms with E-state index in [-0.39, 0.29) is 0 Å². The molecule has 94 valence electrons. The predicted octanol–water partition coefficient (Wildman–Crippen LogP) is 5.90. The molecule has 0 aliphatic carbocycles. The van der Waals surface area contributed by atoms with E-state index < -0.39 is 0 Å². The zero-order valence-electron chi connectivity index (χ0n) is 8.96. The number of halogens is 4. The molecule has 0 saturated carbocycles. The summed E-state index contributed by atoms with van der Waals surface area (Å²) in [4.78, 5) is 4.22. The molecular formula is C12H7Br3ClNO. The molecule has 2 nitrogen and oxygen atoms in total. The lowest BCUT2D eigenvalue weighted by Crippen LogP contribution is -1.93. The molecule has 0 aliphatic rings. The van der Waals surface area contributed by atoms with Crippen LogP contribution >= 0.6 is 59.4 Å². The summed E-state index contributed by atoms with van der Waals surface area (Å²) in [5, 5.41) is 0. The highest BCUT2D eigenvalue weighted by molar-refractivity contribution is 9.11. The van der Waals surface area contributed by atoms with E-state index in [4.69, 9.17) is 16.3 Å². The first kappa shape index (κ1) is 14.3. The molecule has 6 heteroatoms. The number of hydrogen-bond acceptors (Lipinski definition) is 2. The maximum Gasteiger partial charge on any atom is 0.223 e. The number of hydrogen-bond donors (Lipinski definition) is 0. The molecule has 1 aromatic carbocycles. The second-order valence-electron chi connectivity index (χ2n) is 3.43. The van der Waals surface area contributed by atoms with Gasteiger partial charge in [0.05, 0.1) is 10.4 Å². The van der Waals surface area contributed by atoms with Crippen LogP contribution in [-0.2, 0) is 5.88 Å². The van der Waals surface area contributed by atoms with Crippen LogP contribution in [0.3, 0.4) is 0 Å². The number of benzene rings is 1. The Bertz CT molecular complexity index is 577. The van der Waals surface area contributed by atoms with Gasteiger partial charge in [0.2, 0.25) is 5.88 Å². The first-order valence-corrected chi connectivity index (χ1v) is 7.85. The molecule has 0 saturated heterocycles. The van der Waals surface area contributed by atoms with Gasteiger partial charge < -0.3 is 4.74 Å². The first-order valence-electron chi connectivity index (χ1n) is 4.93. The lowest BCUT2D eigenvalue weighted by atomic mass is 10.3. The Hall–Kier alpha value is -0.100. The van der Waals surface area contributed by atoms with E-state index in [2.05, 4.69) is 52.8 Å². The molecule has 18 heavy (non-hydrogen) atoms. The smallest absolute Gasteiger partial charge is 0.223 e. The van der Waals surface area contributed by atoms with Gasteiger partial charge in [0, 0.05) is 20.7 Å². The molecule has 0 bridgehead atoms. The highest BCUT2D eigenvalue weighted by Gasteiger charge is 2.09. The molecule has 0 radical (unpaired) electrons. The van der Waals surface area contributed by atoms with Crippen LogP contribution in [-0.4, -0.2) is 4.98 Å². The highest BCUT2D eigenvalue weighted by Crippen LogP contribution is 2.33. The van der Waals surface area contributed by atoms with Crippen molar-refractivity contribution in [1.29, 1.82) is 0 Å². The van der Waals surface area contributed by atoms with E-state index in [1.807, 2.05) is 24.3 Å². The molecule has 0 unspecified atom stereocenters. The standard InChI is InChI=1S/C12H7Br3ClNO/c13-8-1-2-11(10(15)4-8)18-12-7(5-16)3-9(14)6-17-12/h1-4,6H,5H2. The number of nitrogens with zero attached hydrogens (tertiary/aromatic N) is 1. The number of pyridine rings is 1. The molecular weight excluding hydrogens is 449 g/mol. The van der Waals surface area contributed by atoms with Crippen LogP contribution < -0.4 is 4.74 Å². The Balaban J connectivity index is 2.33. The van der Waals surface area contributed by atoms with Crippen LogP contribution in [0.15, 0.2) is 43.9 Å². The minimum atomic E-state index is 0.343. The Labute approximate surface area is 135 Å². The van der Waals surface area contributed by atoms with Crippen LogP contribution in [0.4, 0.5) is 0 Å². The summed E-state index contributed by atoms with van der Waals surface area (Å²) in [5.41, 5.74) is 0.834. The van der Waals surface area contributed by atoms with Gasteiger partial charge in [-0.2, -0.15) is 0 Å². The minimum Gasteiger partial charge on any atom is -0.438 e. The number of ether oxygens (including phenoxy) is 1. The Morgan fingerprint density at radius 1 is 1.11 bits per heavy atom. The van der Waals surface area contributed by atoms with Crippen molar-refractivity contribution in [2.75, 3.05) is 0 Å². The van der Waals surface area contributed by atoms with Crippen molar-refractivity contribution in [3.05, 3.63) is 49.4 Å². The van der Waals surface area contributed by atoms with Gasteiger partial charge in [-0.25, -0.2) is 4.98 Å².